The summed E-state index contributed by atoms with van der Waals surface area (Å²) in [6.07, 6.45) is 8.02. The first-order chi connectivity index (χ1) is 9.23. The molecule has 1 nitrogen and oxygen atoms in total. The van der Waals surface area contributed by atoms with Crippen LogP contribution in [0.2, 0.25) is 0 Å². The van der Waals surface area contributed by atoms with Gasteiger partial charge >= 0.3 is 0 Å². The molecule has 0 aromatic heterocycles. The minimum atomic E-state index is 0.247. The van der Waals surface area contributed by atoms with E-state index in [9.17, 15) is 0 Å². The Morgan fingerprint density at radius 3 is 1.85 bits per heavy atom. The molecule has 0 aromatic rings. The van der Waals surface area contributed by atoms with Crippen molar-refractivity contribution in [1.82, 2.24) is 0 Å². The van der Waals surface area contributed by atoms with Crippen molar-refractivity contribution >= 4 is 0 Å². The minimum absolute atomic E-state index is 0.247. The van der Waals surface area contributed by atoms with Gasteiger partial charge in [-0.2, -0.15) is 0 Å². The maximum Gasteiger partial charge on any atom is 0.0535 e. The zero-order chi connectivity index (χ0) is 15.7. The van der Waals surface area contributed by atoms with Gasteiger partial charge in [-0.25, -0.2) is 0 Å². The predicted molar refractivity (Wildman–Crippen MR) is 90.8 cm³/mol. The summed E-state index contributed by atoms with van der Waals surface area (Å²) in [7, 11) is 0. The van der Waals surface area contributed by atoms with E-state index in [1.54, 1.807) is 0 Å². The number of hydrogen-bond donors (Lipinski definition) is 0. The Balaban J connectivity index is 4.40. The second-order valence-corrected chi connectivity index (χ2v) is 5.42. The molecule has 0 aliphatic rings. The zero-order valence-corrected chi connectivity index (χ0v) is 13.4. The molecule has 0 saturated carbocycles. The van der Waals surface area contributed by atoms with Gasteiger partial charge in [0.2, 0.25) is 0 Å². The number of ether oxygens (including phenoxy) is 1. The molecule has 0 heterocycles. The van der Waals surface area contributed by atoms with E-state index in [0.29, 0.717) is 12.5 Å². The highest BCUT2D eigenvalue weighted by atomic mass is 16.5. The van der Waals surface area contributed by atoms with Crippen LogP contribution in [0.3, 0.4) is 0 Å². The van der Waals surface area contributed by atoms with E-state index in [-0.39, 0.29) is 6.10 Å². The van der Waals surface area contributed by atoms with Crippen LogP contribution in [0.1, 0.15) is 27.7 Å². The summed E-state index contributed by atoms with van der Waals surface area (Å²) in [4.78, 5) is 0. The fourth-order valence-corrected chi connectivity index (χ4v) is 1.27. The van der Waals surface area contributed by atoms with Crippen LogP contribution in [0.5, 0.6) is 0 Å². The van der Waals surface area contributed by atoms with Crippen LogP contribution < -0.4 is 0 Å². The summed E-state index contributed by atoms with van der Waals surface area (Å²) in [6, 6.07) is 0. The van der Waals surface area contributed by atoms with E-state index in [4.69, 9.17) is 4.74 Å². The quantitative estimate of drug-likeness (QED) is 0.510. The fourth-order valence-electron chi connectivity index (χ4n) is 1.27. The van der Waals surface area contributed by atoms with Crippen LogP contribution in [-0.2, 0) is 4.74 Å². The third-order valence-corrected chi connectivity index (χ3v) is 2.79. The summed E-state index contributed by atoms with van der Waals surface area (Å²) >= 11 is 0. The lowest BCUT2D eigenvalue weighted by molar-refractivity contribution is 0.0634. The molecule has 0 rings (SSSR count). The minimum Gasteiger partial charge on any atom is -0.378 e. The highest BCUT2D eigenvalue weighted by Crippen LogP contribution is 2.15. The van der Waals surface area contributed by atoms with E-state index in [1.165, 1.54) is 0 Å². The highest BCUT2D eigenvalue weighted by Gasteiger charge is 2.05. The second-order valence-electron chi connectivity index (χ2n) is 5.42. The molecule has 20 heavy (non-hydrogen) atoms. The van der Waals surface area contributed by atoms with Crippen LogP contribution in [0.25, 0.3) is 0 Å². The molecule has 0 aliphatic carbocycles. The van der Waals surface area contributed by atoms with Crippen molar-refractivity contribution in [3.63, 3.8) is 0 Å². The third kappa shape index (κ3) is 8.49. The molecule has 110 valence electrons. The maximum atomic E-state index is 5.59. The van der Waals surface area contributed by atoms with Crippen molar-refractivity contribution in [3.05, 3.63) is 72.9 Å². The molecule has 1 heteroatoms. The average Bonchev–Trinajstić information content (AvgIpc) is 2.38. The smallest absolute Gasteiger partial charge is 0.0535 e. The summed E-state index contributed by atoms with van der Waals surface area (Å²) in [5.74, 6) is 0.292. The first-order valence-electron chi connectivity index (χ1n) is 6.94. The van der Waals surface area contributed by atoms with Crippen molar-refractivity contribution in [1.29, 1.82) is 0 Å². The molecule has 0 amide bonds. The zero-order valence-electron chi connectivity index (χ0n) is 13.4. The van der Waals surface area contributed by atoms with Crippen LogP contribution in [0.15, 0.2) is 72.9 Å². The molecule has 0 fully saturated rings. The van der Waals surface area contributed by atoms with Gasteiger partial charge in [0.1, 0.15) is 0 Å². The molecule has 0 aliphatic heterocycles. The standard InChI is InChI=1S/C19H28O/c1-14(2)9-10-16(5)17(6)11-12-18(7)19(8)13-20-15(3)4/h9-12,15,19H,1,5-7,13H2,2-4,8H3/b10-9-,12-11-/t19-/m1/s1. The van der Waals surface area contributed by atoms with Gasteiger partial charge in [0.05, 0.1) is 12.7 Å². The number of rotatable bonds is 9. The molecule has 0 spiro atoms. The van der Waals surface area contributed by atoms with Crippen LogP contribution in [-0.4, -0.2) is 12.7 Å². The van der Waals surface area contributed by atoms with Gasteiger partial charge in [-0.05, 0) is 31.9 Å². The lowest BCUT2D eigenvalue weighted by Gasteiger charge is -2.14. The molecule has 0 aromatic carbocycles. The van der Waals surface area contributed by atoms with Gasteiger partial charge in [0.15, 0.2) is 0 Å². The van der Waals surface area contributed by atoms with Crippen LogP contribution in [0, 0.1) is 5.92 Å². The predicted octanol–water partition coefficient (Wildman–Crippen LogP) is 5.40. The van der Waals surface area contributed by atoms with E-state index in [1.807, 2.05) is 45.1 Å². The molecule has 0 bridgehead atoms. The Morgan fingerprint density at radius 2 is 1.40 bits per heavy atom. The first kappa shape index (κ1) is 18.4. The Labute approximate surface area is 124 Å². The first-order valence-corrected chi connectivity index (χ1v) is 6.94. The molecule has 1 atom stereocenters. The Bertz CT molecular complexity index is 433. The van der Waals surface area contributed by atoms with Crippen LogP contribution in [0.4, 0.5) is 0 Å². The van der Waals surface area contributed by atoms with E-state index in [0.717, 1.165) is 22.3 Å². The summed E-state index contributed by atoms with van der Waals surface area (Å²) in [5.41, 5.74) is 3.78. The monoisotopic (exact) mass is 272 g/mol. The van der Waals surface area contributed by atoms with Crippen molar-refractivity contribution in [2.45, 2.75) is 33.8 Å². The van der Waals surface area contributed by atoms with E-state index >= 15 is 0 Å². The lowest BCUT2D eigenvalue weighted by atomic mass is 10.0. The van der Waals surface area contributed by atoms with Gasteiger partial charge in [-0.3, -0.25) is 0 Å². The number of allylic oxidation sites excluding steroid dienone is 7. The van der Waals surface area contributed by atoms with Gasteiger partial charge in [-0.15, -0.1) is 0 Å². The normalized spacial score (nSPS) is 13.1. The topological polar surface area (TPSA) is 9.23 Å². The molecule has 0 N–H and O–H groups in total. The maximum absolute atomic E-state index is 5.59. The van der Waals surface area contributed by atoms with Gasteiger partial charge < -0.3 is 4.74 Å². The Morgan fingerprint density at radius 1 is 0.900 bits per heavy atom. The lowest BCUT2D eigenvalue weighted by Crippen LogP contribution is -2.11. The van der Waals surface area contributed by atoms with Gasteiger partial charge in [-0.1, -0.05) is 68.7 Å². The van der Waals surface area contributed by atoms with E-state index in [2.05, 4.69) is 33.2 Å². The van der Waals surface area contributed by atoms with Crippen molar-refractivity contribution in [3.8, 4) is 0 Å². The average molecular weight is 272 g/mol. The van der Waals surface area contributed by atoms with Crippen LogP contribution >= 0.6 is 0 Å². The molecule has 0 saturated heterocycles. The SMILES string of the molecule is C=C(C)/C=C\C(=C)C(=C)/C=C\C(=C)[C@H](C)COC(C)C. The van der Waals surface area contributed by atoms with Crippen molar-refractivity contribution in [2.75, 3.05) is 6.61 Å². The Hall–Kier alpha value is -1.60. The van der Waals surface area contributed by atoms with Crippen molar-refractivity contribution < 1.29 is 4.74 Å². The summed E-state index contributed by atoms with van der Waals surface area (Å²) < 4.78 is 5.59. The summed E-state index contributed by atoms with van der Waals surface area (Å²) in [6.45, 7) is 24.7. The Kier molecular flexibility index (Phi) is 8.58. The fraction of sp³-hybridized carbons (Fsp3) is 0.368. The van der Waals surface area contributed by atoms with Crippen molar-refractivity contribution in [2.24, 2.45) is 5.92 Å². The third-order valence-electron chi connectivity index (χ3n) is 2.79. The molecular formula is C19H28O. The largest absolute Gasteiger partial charge is 0.378 e. The van der Waals surface area contributed by atoms with Gasteiger partial charge in [0.25, 0.3) is 0 Å². The van der Waals surface area contributed by atoms with Gasteiger partial charge in [0, 0.05) is 5.92 Å². The highest BCUT2D eigenvalue weighted by molar-refractivity contribution is 5.45. The molecule has 0 unspecified atom stereocenters. The summed E-state index contributed by atoms with van der Waals surface area (Å²) in [5, 5.41) is 0. The molecule has 0 radical (unpaired) electrons. The number of hydrogen-bond acceptors (Lipinski definition) is 1. The molecular weight excluding hydrogens is 244 g/mol. The van der Waals surface area contributed by atoms with E-state index < -0.39 is 0 Å². The second kappa shape index (κ2) is 9.33.